The van der Waals surface area contributed by atoms with Gasteiger partial charge in [-0.05, 0) is 19.1 Å². The summed E-state index contributed by atoms with van der Waals surface area (Å²) in [6.45, 7) is 2.04. The highest BCUT2D eigenvalue weighted by atomic mass is 32.1. The maximum atomic E-state index is 12.6. The van der Waals surface area contributed by atoms with Gasteiger partial charge in [-0.3, -0.25) is 10.1 Å². The van der Waals surface area contributed by atoms with Crippen LogP contribution in [0.15, 0.2) is 41.8 Å². The van der Waals surface area contributed by atoms with Crippen LogP contribution in [0.5, 0.6) is 17.2 Å². The van der Waals surface area contributed by atoms with Gasteiger partial charge in [0.1, 0.15) is 0 Å². The predicted octanol–water partition coefficient (Wildman–Crippen LogP) is 4.40. The van der Waals surface area contributed by atoms with Crippen molar-refractivity contribution in [3.63, 3.8) is 0 Å². The lowest BCUT2D eigenvalue weighted by Gasteiger charge is -2.13. The van der Waals surface area contributed by atoms with E-state index in [1.54, 1.807) is 12.1 Å². The minimum absolute atomic E-state index is 0.306. The topological polar surface area (TPSA) is 69.7 Å². The molecule has 7 heteroatoms. The zero-order valence-electron chi connectivity index (χ0n) is 15.5. The first-order valence-corrected chi connectivity index (χ1v) is 9.07. The molecule has 1 amide bonds. The van der Waals surface area contributed by atoms with Gasteiger partial charge >= 0.3 is 0 Å². The Hall–Kier alpha value is -3.06. The maximum Gasteiger partial charge on any atom is 0.257 e. The smallest absolute Gasteiger partial charge is 0.257 e. The van der Waals surface area contributed by atoms with Crippen molar-refractivity contribution in [1.29, 1.82) is 0 Å². The van der Waals surface area contributed by atoms with Crippen LogP contribution < -0.4 is 19.5 Å². The molecule has 0 bridgehead atoms. The molecule has 0 saturated carbocycles. The Kier molecular flexibility index (Phi) is 5.61. The molecule has 0 radical (unpaired) electrons. The van der Waals surface area contributed by atoms with Crippen LogP contribution >= 0.6 is 11.3 Å². The van der Waals surface area contributed by atoms with Gasteiger partial charge in [-0.1, -0.05) is 29.8 Å². The maximum absolute atomic E-state index is 12.6. The number of nitrogens with one attached hydrogen (secondary N) is 1. The van der Waals surface area contributed by atoms with Crippen LogP contribution in [0.1, 0.15) is 15.9 Å². The van der Waals surface area contributed by atoms with Crippen molar-refractivity contribution in [3.8, 4) is 28.5 Å². The van der Waals surface area contributed by atoms with Gasteiger partial charge in [-0.15, -0.1) is 11.3 Å². The number of aryl methyl sites for hydroxylation is 1. The second-order valence-electron chi connectivity index (χ2n) is 5.77. The second kappa shape index (κ2) is 8.09. The van der Waals surface area contributed by atoms with Gasteiger partial charge < -0.3 is 14.2 Å². The zero-order valence-corrected chi connectivity index (χ0v) is 16.3. The number of hydrogen-bond donors (Lipinski definition) is 1. The van der Waals surface area contributed by atoms with Crippen molar-refractivity contribution in [2.45, 2.75) is 6.92 Å². The van der Waals surface area contributed by atoms with Crippen LogP contribution in [0, 0.1) is 6.92 Å². The molecule has 1 aromatic heterocycles. The molecule has 6 nitrogen and oxygen atoms in total. The Labute approximate surface area is 161 Å². The molecule has 3 aromatic rings. The van der Waals surface area contributed by atoms with Crippen molar-refractivity contribution in [2.75, 3.05) is 26.6 Å². The number of hydrogen-bond acceptors (Lipinski definition) is 6. The molecule has 27 heavy (non-hydrogen) atoms. The first kappa shape index (κ1) is 18.7. The summed E-state index contributed by atoms with van der Waals surface area (Å²) in [4.78, 5) is 17.1. The lowest BCUT2D eigenvalue weighted by Crippen LogP contribution is -2.12. The summed E-state index contributed by atoms with van der Waals surface area (Å²) in [6, 6.07) is 11.3. The lowest BCUT2D eigenvalue weighted by atomic mass is 10.1. The highest BCUT2D eigenvalue weighted by Crippen LogP contribution is 2.38. The average molecular weight is 384 g/mol. The minimum Gasteiger partial charge on any atom is -0.493 e. The van der Waals surface area contributed by atoms with Gasteiger partial charge in [0, 0.05) is 16.5 Å². The van der Waals surface area contributed by atoms with Crippen LogP contribution in [0.2, 0.25) is 0 Å². The van der Waals surface area contributed by atoms with Gasteiger partial charge in [-0.25, -0.2) is 4.98 Å². The third-order valence-corrected chi connectivity index (χ3v) is 4.76. The summed E-state index contributed by atoms with van der Waals surface area (Å²) in [5.41, 5.74) is 3.40. The molecule has 1 N–H and O–H groups in total. The largest absolute Gasteiger partial charge is 0.493 e. The Balaban J connectivity index is 1.82. The number of nitrogens with zero attached hydrogens (tertiary/aromatic N) is 1. The van der Waals surface area contributed by atoms with E-state index in [0.29, 0.717) is 27.9 Å². The van der Waals surface area contributed by atoms with Crippen molar-refractivity contribution < 1.29 is 19.0 Å². The van der Waals surface area contributed by atoms with Gasteiger partial charge in [0.05, 0.1) is 27.0 Å². The number of ether oxygens (including phenoxy) is 3. The number of anilines is 1. The third kappa shape index (κ3) is 4.03. The molecule has 0 unspecified atom stereocenters. The summed E-state index contributed by atoms with van der Waals surface area (Å²) < 4.78 is 15.9. The fraction of sp³-hybridized carbons (Fsp3) is 0.200. The number of rotatable bonds is 6. The molecule has 0 aliphatic carbocycles. The van der Waals surface area contributed by atoms with Crippen LogP contribution in [0.3, 0.4) is 0 Å². The summed E-state index contributed by atoms with van der Waals surface area (Å²) in [7, 11) is 4.53. The number of aromatic nitrogens is 1. The number of thiazole rings is 1. The molecule has 3 rings (SSSR count). The molecule has 0 atom stereocenters. The Morgan fingerprint density at radius 2 is 1.63 bits per heavy atom. The van der Waals surface area contributed by atoms with E-state index in [4.69, 9.17) is 14.2 Å². The SMILES string of the molecule is COc1cc(C(=O)Nc2nc(-c3ccc(C)cc3)cs2)cc(OC)c1OC. The molecular formula is C20H20N2O4S. The van der Waals surface area contributed by atoms with E-state index in [0.717, 1.165) is 11.3 Å². The van der Waals surface area contributed by atoms with E-state index in [-0.39, 0.29) is 5.91 Å². The molecular weight excluding hydrogens is 364 g/mol. The van der Waals surface area contributed by atoms with E-state index in [9.17, 15) is 4.79 Å². The summed E-state index contributed by atoms with van der Waals surface area (Å²) in [5, 5.41) is 5.25. The molecule has 0 aliphatic rings. The normalized spacial score (nSPS) is 10.4. The average Bonchev–Trinajstić information content (AvgIpc) is 3.15. The third-order valence-electron chi connectivity index (χ3n) is 4.00. The Bertz CT molecular complexity index is 926. The van der Waals surface area contributed by atoms with E-state index in [2.05, 4.69) is 10.3 Å². The van der Waals surface area contributed by atoms with Gasteiger partial charge in [-0.2, -0.15) is 0 Å². The highest BCUT2D eigenvalue weighted by molar-refractivity contribution is 7.14. The summed E-state index contributed by atoms with van der Waals surface area (Å²) >= 11 is 1.37. The summed E-state index contributed by atoms with van der Waals surface area (Å²) in [6.07, 6.45) is 0. The number of carbonyl (C=O) groups excluding carboxylic acids is 1. The molecule has 0 saturated heterocycles. The Morgan fingerprint density at radius 3 is 2.19 bits per heavy atom. The molecule has 0 spiro atoms. The van der Waals surface area contributed by atoms with E-state index < -0.39 is 0 Å². The molecule has 140 valence electrons. The van der Waals surface area contributed by atoms with Crippen molar-refractivity contribution >= 4 is 22.4 Å². The van der Waals surface area contributed by atoms with Crippen LogP contribution in [-0.4, -0.2) is 32.2 Å². The molecule has 2 aromatic carbocycles. The van der Waals surface area contributed by atoms with E-state index in [1.807, 2.05) is 36.6 Å². The summed E-state index contributed by atoms with van der Waals surface area (Å²) in [5.74, 6) is 0.967. The fourth-order valence-electron chi connectivity index (χ4n) is 2.57. The molecule has 0 fully saturated rings. The second-order valence-corrected chi connectivity index (χ2v) is 6.63. The quantitative estimate of drug-likeness (QED) is 0.682. The number of benzene rings is 2. The van der Waals surface area contributed by atoms with Crippen molar-refractivity contribution in [1.82, 2.24) is 4.98 Å². The first-order valence-electron chi connectivity index (χ1n) is 8.19. The van der Waals surface area contributed by atoms with Crippen LogP contribution in [0.4, 0.5) is 5.13 Å². The standard InChI is InChI=1S/C20H20N2O4S/c1-12-5-7-13(8-6-12)15-11-27-20(21-15)22-19(23)14-9-16(24-2)18(26-4)17(10-14)25-3/h5-11H,1-4H3,(H,21,22,23). The predicted molar refractivity (Wildman–Crippen MR) is 106 cm³/mol. The van der Waals surface area contributed by atoms with Crippen LogP contribution in [-0.2, 0) is 0 Å². The molecule has 0 aliphatic heterocycles. The van der Waals surface area contributed by atoms with Crippen molar-refractivity contribution in [2.24, 2.45) is 0 Å². The van der Waals surface area contributed by atoms with Crippen molar-refractivity contribution in [3.05, 3.63) is 52.9 Å². The molecule has 1 heterocycles. The van der Waals surface area contributed by atoms with Crippen LogP contribution in [0.25, 0.3) is 11.3 Å². The van der Waals surface area contributed by atoms with Gasteiger partial charge in [0.15, 0.2) is 16.6 Å². The minimum atomic E-state index is -0.306. The number of methoxy groups -OCH3 is 3. The number of amides is 1. The van der Waals surface area contributed by atoms with E-state index >= 15 is 0 Å². The van der Waals surface area contributed by atoms with E-state index in [1.165, 1.54) is 38.2 Å². The zero-order chi connectivity index (χ0) is 19.4. The van der Waals surface area contributed by atoms with Gasteiger partial charge in [0.25, 0.3) is 5.91 Å². The first-order chi connectivity index (χ1) is 13.0. The Morgan fingerprint density at radius 1 is 1.00 bits per heavy atom. The van der Waals surface area contributed by atoms with Gasteiger partial charge in [0.2, 0.25) is 5.75 Å². The fourth-order valence-corrected chi connectivity index (χ4v) is 3.28. The lowest BCUT2D eigenvalue weighted by molar-refractivity contribution is 0.102. The highest BCUT2D eigenvalue weighted by Gasteiger charge is 2.18. The number of carbonyl (C=O) groups is 1. The monoisotopic (exact) mass is 384 g/mol.